The van der Waals surface area contributed by atoms with E-state index in [0.29, 0.717) is 6.42 Å². The van der Waals surface area contributed by atoms with Crippen LogP contribution in [0.2, 0.25) is 0 Å². The third kappa shape index (κ3) is 4.10. The van der Waals surface area contributed by atoms with Gasteiger partial charge in [-0.3, -0.25) is 4.99 Å². The SMILES string of the molecule is COC1=NC(c2ccccc2)=CC(C=NC(C)(C)C)(c2ccccc2)C1. The van der Waals surface area contributed by atoms with E-state index in [-0.39, 0.29) is 11.0 Å². The predicted octanol–water partition coefficient (Wildman–Crippen LogP) is 5.28. The van der Waals surface area contributed by atoms with Crippen LogP contribution < -0.4 is 0 Å². The highest BCUT2D eigenvalue weighted by atomic mass is 16.5. The van der Waals surface area contributed by atoms with Crippen LogP contribution in [0.25, 0.3) is 5.70 Å². The van der Waals surface area contributed by atoms with Gasteiger partial charge >= 0.3 is 0 Å². The Kier molecular flexibility index (Phi) is 5.08. The van der Waals surface area contributed by atoms with Gasteiger partial charge in [0.25, 0.3) is 0 Å². The third-order valence-electron chi connectivity index (χ3n) is 4.38. The molecule has 26 heavy (non-hydrogen) atoms. The van der Waals surface area contributed by atoms with Crippen molar-refractivity contribution in [1.82, 2.24) is 0 Å². The van der Waals surface area contributed by atoms with E-state index in [2.05, 4.69) is 69.5 Å². The second-order valence-corrected chi connectivity index (χ2v) is 7.62. The summed E-state index contributed by atoms with van der Waals surface area (Å²) in [6.07, 6.45) is 4.94. The Bertz CT molecular complexity index is 830. The van der Waals surface area contributed by atoms with Gasteiger partial charge in [-0.2, -0.15) is 0 Å². The molecule has 0 spiro atoms. The quantitative estimate of drug-likeness (QED) is 0.696. The molecular formula is C23H26N2O. The second kappa shape index (κ2) is 7.28. The minimum Gasteiger partial charge on any atom is -0.484 e. The molecule has 3 nitrogen and oxygen atoms in total. The lowest BCUT2D eigenvalue weighted by atomic mass is 9.76. The number of aliphatic imine (C=N–C) groups is 2. The first kappa shape index (κ1) is 18.1. The molecular weight excluding hydrogens is 320 g/mol. The lowest BCUT2D eigenvalue weighted by Gasteiger charge is -2.32. The van der Waals surface area contributed by atoms with Crippen molar-refractivity contribution in [2.75, 3.05) is 7.11 Å². The van der Waals surface area contributed by atoms with Gasteiger partial charge in [-0.1, -0.05) is 60.7 Å². The number of hydrogen-bond acceptors (Lipinski definition) is 3. The van der Waals surface area contributed by atoms with Crippen molar-refractivity contribution < 1.29 is 4.74 Å². The molecule has 3 heteroatoms. The Morgan fingerprint density at radius 3 is 2.19 bits per heavy atom. The third-order valence-corrected chi connectivity index (χ3v) is 4.38. The molecule has 0 aromatic heterocycles. The smallest absolute Gasteiger partial charge is 0.189 e. The van der Waals surface area contributed by atoms with E-state index in [1.807, 2.05) is 24.3 Å². The lowest BCUT2D eigenvalue weighted by Crippen LogP contribution is -2.33. The number of hydrogen-bond donors (Lipinski definition) is 0. The first-order valence-corrected chi connectivity index (χ1v) is 8.94. The molecule has 0 aliphatic carbocycles. The molecule has 0 saturated carbocycles. The summed E-state index contributed by atoms with van der Waals surface area (Å²) in [5.74, 6) is 0.718. The van der Waals surface area contributed by atoms with Gasteiger partial charge < -0.3 is 4.74 Å². The molecule has 1 aliphatic rings. The summed E-state index contributed by atoms with van der Waals surface area (Å²) in [7, 11) is 1.68. The van der Waals surface area contributed by atoms with Gasteiger partial charge in [-0.15, -0.1) is 0 Å². The number of allylic oxidation sites excluding steroid dienone is 1. The van der Waals surface area contributed by atoms with E-state index >= 15 is 0 Å². The summed E-state index contributed by atoms with van der Waals surface area (Å²) in [4.78, 5) is 9.58. The van der Waals surface area contributed by atoms with Crippen molar-refractivity contribution in [3.63, 3.8) is 0 Å². The van der Waals surface area contributed by atoms with Crippen LogP contribution in [0.4, 0.5) is 0 Å². The highest BCUT2D eigenvalue weighted by Crippen LogP contribution is 2.37. The highest BCUT2D eigenvalue weighted by molar-refractivity contribution is 5.95. The molecule has 2 aromatic carbocycles. The van der Waals surface area contributed by atoms with Gasteiger partial charge in [0.15, 0.2) is 5.90 Å². The Hall–Kier alpha value is -2.68. The van der Waals surface area contributed by atoms with Crippen molar-refractivity contribution in [2.45, 2.75) is 38.1 Å². The minimum absolute atomic E-state index is 0.148. The van der Waals surface area contributed by atoms with Gasteiger partial charge in [0, 0.05) is 12.6 Å². The van der Waals surface area contributed by atoms with Gasteiger partial charge in [-0.25, -0.2) is 4.99 Å². The van der Waals surface area contributed by atoms with Crippen LogP contribution in [0.5, 0.6) is 0 Å². The maximum atomic E-state index is 5.60. The zero-order valence-electron chi connectivity index (χ0n) is 15.9. The average molecular weight is 346 g/mol. The molecule has 0 amide bonds. The minimum atomic E-state index is -0.382. The van der Waals surface area contributed by atoms with Crippen molar-refractivity contribution in [2.24, 2.45) is 9.98 Å². The van der Waals surface area contributed by atoms with E-state index in [0.717, 1.165) is 17.2 Å². The van der Waals surface area contributed by atoms with Gasteiger partial charge in [0.1, 0.15) is 0 Å². The van der Waals surface area contributed by atoms with E-state index in [9.17, 15) is 0 Å². The van der Waals surface area contributed by atoms with Crippen molar-refractivity contribution in [3.8, 4) is 0 Å². The van der Waals surface area contributed by atoms with Gasteiger partial charge in [-0.05, 0) is 38.0 Å². The van der Waals surface area contributed by atoms with E-state index < -0.39 is 0 Å². The van der Waals surface area contributed by atoms with Gasteiger partial charge in [0.2, 0.25) is 0 Å². The highest BCUT2D eigenvalue weighted by Gasteiger charge is 2.35. The van der Waals surface area contributed by atoms with Crippen molar-refractivity contribution in [1.29, 1.82) is 0 Å². The van der Waals surface area contributed by atoms with Crippen LogP contribution in [-0.2, 0) is 10.2 Å². The topological polar surface area (TPSA) is 34.0 Å². The molecule has 1 aliphatic heterocycles. The maximum Gasteiger partial charge on any atom is 0.189 e. The molecule has 1 unspecified atom stereocenters. The van der Waals surface area contributed by atoms with Crippen LogP contribution in [-0.4, -0.2) is 24.8 Å². The summed E-state index contributed by atoms with van der Waals surface area (Å²) in [6, 6.07) is 20.7. The Morgan fingerprint density at radius 2 is 1.62 bits per heavy atom. The summed E-state index contributed by atoms with van der Waals surface area (Å²) in [5, 5.41) is 0. The number of rotatable bonds is 3. The van der Waals surface area contributed by atoms with Crippen molar-refractivity contribution in [3.05, 3.63) is 77.9 Å². The number of nitrogens with zero attached hydrogens (tertiary/aromatic N) is 2. The Labute approximate surface area is 156 Å². The maximum absolute atomic E-state index is 5.60. The summed E-state index contributed by atoms with van der Waals surface area (Å²) in [6.45, 7) is 6.33. The zero-order valence-corrected chi connectivity index (χ0v) is 15.9. The fourth-order valence-electron chi connectivity index (χ4n) is 3.03. The molecule has 0 bridgehead atoms. The van der Waals surface area contributed by atoms with Crippen LogP contribution in [0.15, 0.2) is 76.7 Å². The number of ether oxygens (including phenoxy) is 1. The normalized spacial score (nSPS) is 20.6. The number of methoxy groups -OCH3 is 1. The van der Waals surface area contributed by atoms with E-state index in [1.165, 1.54) is 5.56 Å². The molecule has 3 rings (SSSR count). The van der Waals surface area contributed by atoms with Crippen molar-refractivity contribution >= 4 is 17.8 Å². The van der Waals surface area contributed by atoms with Crippen LogP contribution in [0, 0.1) is 0 Å². The lowest BCUT2D eigenvalue weighted by molar-refractivity contribution is 0.382. The second-order valence-electron chi connectivity index (χ2n) is 7.62. The molecule has 0 fully saturated rings. The predicted molar refractivity (Wildman–Crippen MR) is 110 cm³/mol. The number of benzene rings is 2. The van der Waals surface area contributed by atoms with E-state index in [4.69, 9.17) is 14.7 Å². The fraction of sp³-hybridized carbons (Fsp3) is 0.304. The summed E-state index contributed by atoms with van der Waals surface area (Å²) < 4.78 is 5.60. The molecule has 134 valence electrons. The summed E-state index contributed by atoms with van der Waals surface area (Å²) in [5.41, 5.74) is 2.65. The molecule has 1 heterocycles. The van der Waals surface area contributed by atoms with Crippen LogP contribution >= 0.6 is 0 Å². The molecule has 2 aromatic rings. The largest absolute Gasteiger partial charge is 0.484 e. The Morgan fingerprint density at radius 1 is 1.00 bits per heavy atom. The monoisotopic (exact) mass is 346 g/mol. The molecule has 1 atom stereocenters. The molecule has 0 radical (unpaired) electrons. The summed E-state index contributed by atoms with van der Waals surface area (Å²) >= 11 is 0. The average Bonchev–Trinajstić information content (AvgIpc) is 2.67. The first-order valence-electron chi connectivity index (χ1n) is 8.94. The van der Waals surface area contributed by atoms with Gasteiger partial charge in [0.05, 0.1) is 23.8 Å². The molecule has 0 saturated heterocycles. The van der Waals surface area contributed by atoms with E-state index in [1.54, 1.807) is 7.11 Å². The van der Waals surface area contributed by atoms with Crippen LogP contribution in [0.3, 0.4) is 0 Å². The fourth-order valence-corrected chi connectivity index (χ4v) is 3.03. The first-order chi connectivity index (χ1) is 12.4. The standard InChI is InChI=1S/C23H26N2O/c1-22(2,3)24-17-23(19-13-9-6-10-14-19)15-20(25-21(16-23)26-4)18-11-7-5-8-12-18/h5-15,17H,16H2,1-4H3. The van der Waals surface area contributed by atoms with Crippen LogP contribution in [0.1, 0.15) is 38.3 Å². The molecule has 0 N–H and O–H groups in total. The zero-order chi connectivity index (χ0) is 18.6. The Balaban J connectivity index is 2.18.